The van der Waals surface area contributed by atoms with E-state index in [2.05, 4.69) is 34.9 Å². The van der Waals surface area contributed by atoms with Gasteiger partial charge in [0.1, 0.15) is 24.9 Å². The van der Waals surface area contributed by atoms with Gasteiger partial charge in [-0.3, -0.25) is 0 Å². The fraction of sp³-hybridized carbons (Fsp3) is 0.421. The van der Waals surface area contributed by atoms with E-state index in [0.29, 0.717) is 19.4 Å². The van der Waals surface area contributed by atoms with Gasteiger partial charge >= 0.3 is 24.1 Å². The Bertz CT molecular complexity index is 1500. The molecule has 0 bridgehead atoms. The monoisotopic (exact) mass is 658 g/mol. The van der Waals surface area contributed by atoms with Gasteiger partial charge in [0.15, 0.2) is 0 Å². The summed E-state index contributed by atoms with van der Waals surface area (Å²) in [5, 5.41) is 5.35. The van der Waals surface area contributed by atoms with Crippen molar-refractivity contribution in [2.24, 2.45) is 5.92 Å². The van der Waals surface area contributed by atoms with Crippen LogP contribution in [0.2, 0.25) is 0 Å². The van der Waals surface area contributed by atoms with E-state index in [1.807, 2.05) is 54.6 Å². The second kappa shape index (κ2) is 16.8. The van der Waals surface area contributed by atoms with Crippen LogP contribution in [-0.2, 0) is 35.1 Å². The van der Waals surface area contributed by atoms with Crippen molar-refractivity contribution in [3.8, 4) is 11.1 Å². The second-order valence-corrected chi connectivity index (χ2v) is 13.1. The standard InChI is InChI=1S/C38H46N2O8/c1-25(2)33(35(42)45-23-26-15-7-6-8-16-26)47-34(41)32(40-37(44)48-38(3,4)5)21-13-14-22-39-36(43)46-24-31-29-19-11-9-17-27(29)28-18-10-12-20-30(28)31/h6-12,15-20,25,31-33H,13-14,21-24H2,1-5H3,(H,39,43)(H,40,44). The Labute approximate surface area is 282 Å². The summed E-state index contributed by atoms with van der Waals surface area (Å²) in [4.78, 5) is 51.4. The number of unbranched alkanes of at least 4 members (excludes halogenated alkanes) is 1. The van der Waals surface area contributed by atoms with E-state index in [4.69, 9.17) is 18.9 Å². The first kappa shape index (κ1) is 36.0. The molecule has 0 heterocycles. The highest BCUT2D eigenvalue weighted by atomic mass is 16.6. The second-order valence-electron chi connectivity index (χ2n) is 13.1. The number of hydrogen-bond acceptors (Lipinski definition) is 8. The summed E-state index contributed by atoms with van der Waals surface area (Å²) in [6.07, 6.45) is -1.35. The molecule has 0 saturated heterocycles. The van der Waals surface area contributed by atoms with Gasteiger partial charge in [-0.2, -0.15) is 0 Å². The zero-order valence-electron chi connectivity index (χ0n) is 28.3. The highest BCUT2D eigenvalue weighted by Crippen LogP contribution is 2.44. The molecular formula is C38H46N2O8. The minimum absolute atomic E-state index is 0.0384. The molecule has 0 fully saturated rings. The number of rotatable bonds is 14. The fourth-order valence-corrected chi connectivity index (χ4v) is 5.49. The molecule has 48 heavy (non-hydrogen) atoms. The maximum Gasteiger partial charge on any atom is 0.408 e. The molecule has 3 aromatic rings. The van der Waals surface area contributed by atoms with Crippen LogP contribution in [0.5, 0.6) is 0 Å². The lowest BCUT2D eigenvalue weighted by atomic mass is 9.98. The minimum atomic E-state index is -1.17. The molecule has 0 radical (unpaired) electrons. The number of benzene rings is 3. The number of carbonyl (C=O) groups excluding carboxylic acids is 4. The summed E-state index contributed by atoms with van der Waals surface area (Å²) >= 11 is 0. The first-order valence-electron chi connectivity index (χ1n) is 16.4. The Balaban J connectivity index is 1.27. The first-order chi connectivity index (χ1) is 22.9. The molecule has 256 valence electrons. The first-order valence-corrected chi connectivity index (χ1v) is 16.4. The molecule has 1 aliphatic rings. The number of ether oxygens (including phenoxy) is 4. The number of alkyl carbamates (subject to hydrolysis) is 2. The quantitative estimate of drug-likeness (QED) is 0.109. The molecule has 0 spiro atoms. The third-order valence-corrected chi connectivity index (χ3v) is 7.81. The zero-order chi connectivity index (χ0) is 34.7. The molecule has 2 unspecified atom stereocenters. The molecule has 0 saturated carbocycles. The van der Waals surface area contributed by atoms with E-state index in [-0.39, 0.29) is 31.5 Å². The van der Waals surface area contributed by atoms with Crippen molar-refractivity contribution in [3.05, 3.63) is 95.6 Å². The van der Waals surface area contributed by atoms with Gasteiger partial charge in [0.2, 0.25) is 6.10 Å². The lowest BCUT2D eigenvalue weighted by Crippen LogP contribution is -2.46. The van der Waals surface area contributed by atoms with Crippen molar-refractivity contribution >= 4 is 24.1 Å². The van der Waals surface area contributed by atoms with E-state index in [1.54, 1.807) is 34.6 Å². The van der Waals surface area contributed by atoms with Crippen LogP contribution < -0.4 is 10.6 Å². The number of carbonyl (C=O) groups is 4. The van der Waals surface area contributed by atoms with Gasteiger partial charge in [0, 0.05) is 18.4 Å². The van der Waals surface area contributed by atoms with Gasteiger partial charge < -0.3 is 29.6 Å². The summed E-state index contributed by atoms with van der Waals surface area (Å²) in [5.41, 5.74) is 4.58. The van der Waals surface area contributed by atoms with Crippen LogP contribution >= 0.6 is 0 Å². The van der Waals surface area contributed by atoms with Gasteiger partial charge in [-0.15, -0.1) is 0 Å². The van der Waals surface area contributed by atoms with E-state index in [0.717, 1.165) is 27.8 Å². The molecule has 0 aliphatic heterocycles. The fourth-order valence-electron chi connectivity index (χ4n) is 5.49. The summed E-state index contributed by atoms with van der Waals surface area (Å²) in [6, 6.07) is 24.4. The Morgan fingerprint density at radius 2 is 1.35 bits per heavy atom. The van der Waals surface area contributed by atoms with Gasteiger partial charge in [0.05, 0.1) is 0 Å². The minimum Gasteiger partial charge on any atom is -0.458 e. The Hall–Kier alpha value is -4.86. The molecular weight excluding hydrogens is 612 g/mol. The maximum absolute atomic E-state index is 13.3. The van der Waals surface area contributed by atoms with Crippen LogP contribution in [0.4, 0.5) is 9.59 Å². The summed E-state index contributed by atoms with van der Waals surface area (Å²) in [5.74, 6) is -1.87. The average molecular weight is 659 g/mol. The maximum atomic E-state index is 13.3. The van der Waals surface area contributed by atoms with Crippen molar-refractivity contribution in [1.29, 1.82) is 0 Å². The lowest BCUT2D eigenvalue weighted by Gasteiger charge is -2.25. The van der Waals surface area contributed by atoms with E-state index in [9.17, 15) is 19.2 Å². The van der Waals surface area contributed by atoms with E-state index in [1.165, 1.54) is 0 Å². The van der Waals surface area contributed by atoms with Crippen LogP contribution in [0.3, 0.4) is 0 Å². The Kier molecular flexibility index (Phi) is 12.6. The third kappa shape index (κ3) is 10.3. The van der Waals surface area contributed by atoms with E-state index >= 15 is 0 Å². The number of hydrogen-bond donors (Lipinski definition) is 2. The zero-order valence-corrected chi connectivity index (χ0v) is 28.3. The molecule has 3 aromatic carbocycles. The van der Waals surface area contributed by atoms with Gasteiger partial charge in [-0.25, -0.2) is 19.2 Å². The number of fused-ring (bicyclic) bond motifs is 3. The highest BCUT2D eigenvalue weighted by Gasteiger charge is 2.33. The Morgan fingerprint density at radius 1 is 0.750 bits per heavy atom. The van der Waals surface area contributed by atoms with Crippen LogP contribution in [-0.4, -0.2) is 55.0 Å². The number of amides is 2. The lowest BCUT2D eigenvalue weighted by molar-refractivity contribution is -0.173. The molecule has 2 atom stereocenters. The van der Waals surface area contributed by atoms with Crippen LogP contribution in [0.1, 0.15) is 76.5 Å². The molecule has 2 N–H and O–H groups in total. The van der Waals surface area contributed by atoms with Crippen LogP contribution in [0.25, 0.3) is 11.1 Å². The normalized spacial score (nSPS) is 13.5. The predicted molar refractivity (Wildman–Crippen MR) is 181 cm³/mol. The number of nitrogens with one attached hydrogen (secondary N) is 2. The largest absolute Gasteiger partial charge is 0.458 e. The Morgan fingerprint density at radius 3 is 1.96 bits per heavy atom. The van der Waals surface area contributed by atoms with E-state index < -0.39 is 41.9 Å². The van der Waals surface area contributed by atoms with Crippen molar-refractivity contribution in [2.45, 2.75) is 84.2 Å². The van der Waals surface area contributed by atoms with Crippen molar-refractivity contribution < 1.29 is 38.1 Å². The summed E-state index contributed by atoms with van der Waals surface area (Å²) < 4.78 is 22.0. The third-order valence-electron chi connectivity index (χ3n) is 7.81. The smallest absolute Gasteiger partial charge is 0.408 e. The predicted octanol–water partition coefficient (Wildman–Crippen LogP) is 6.90. The molecule has 2 amide bonds. The SMILES string of the molecule is CC(C)C(OC(=O)C(CCCCNC(=O)OCC1c2ccccc2-c2ccccc21)NC(=O)OC(C)(C)C)C(=O)OCc1ccccc1. The molecule has 10 heteroatoms. The van der Waals surface area contributed by atoms with Crippen molar-refractivity contribution in [3.63, 3.8) is 0 Å². The van der Waals surface area contributed by atoms with Crippen LogP contribution in [0, 0.1) is 5.92 Å². The molecule has 4 rings (SSSR count). The topological polar surface area (TPSA) is 129 Å². The molecule has 10 nitrogen and oxygen atoms in total. The van der Waals surface area contributed by atoms with Gasteiger partial charge in [-0.1, -0.05) is 92.7 Å². The number of esters is 2. The van der Waals surface area contributed by atoms with Gasteiger partial charge in [-0.05, 0) is 67.9 Å². The van der Waals surface area contributed by atoms with Crippen LogP contribution in [0.15, 0.2) is 78.9 Å². The molecule has 1 aliphatic carbocycles. The summed E-state index contributed by atoms with van der Waals surface area (Å²) in [7, 11) is 0. The van der Waals surface area contributed by atoms with Crippen molar-refractivity contribution in [1.82, 2.24) is 10.6 Å². The summed E-state index contributed by atoms with van der Waals surface area (Å²) in [6.45, 7) is 9.17. The van der Waals surface area contributed by atoms with Crippen molar-refractivity contribution in [2.75, 3.05) is 13.2 Å². The molecule has 0 aromatic heterocycles. The van der Waals surface area contributed by atoms with Gasteiger partial charge in [0.25, 0.3) is 0 Å². The highest BCUT2D eigenvalue weighted by molar-refractivity contribution is 5.85. The average Bonchev–Trinajstić information content (AvgIpc) is 3.37.